The van der Waals surface area contributed by atoms with E-state index in [1.807, 2.05) is 0 Å². The van der Waals surface area contributed by atoms with Crippen LogP contribution in [0.15, 0.2) is 0 Å². The van der Waals surface area contributed by atoms with Crippen LogP contribution in [0.2, 0.25) is 0 Å². The van der Waals surface area contributed by atoms with Crippen LogP contribution < -0.4 is 0 Å². The molecule has 0 aromatic carbocycles. The van der Waals surface area contributed by atoms with Crippen LogP contribution in [0.3, 0.4) is 0 Å². The highest BCUT2D eigenvalue weighted by Gasteiger charge is 2.05. The fourth-order valence-corrected chi connectivity index (χ4v) is 2.10. The Morgan fingerprint density at radius 3 is 2.44 bits per heavy atom. The fraction of sp³-hybridized carbons (Fsp3) is 1.00. The summed E-state index contributed by atoms with van der Waals surface area (Å²) in [4.78, 5) is 0. The Labute approximate surface area is 99.2 Å². The molecule has 0 amide bonds. The van der Waals surface area contributed by atoms with E-state index in [4.69, 9.17) is 9.47 Å². The first-order chi connectivity index (χ1) is 7.45. The first kappa shape index (κ1) is 15.9. The minimum atomic E-state index is -2.79. The van der Waals surface area contributed by atoms with E-state index in [-0.39, 0.29) is 0 Å². The zero-order valence-electron chi connectivity index (χ0n) is 10.6. The predicted octanol–water partition coefficient (Wildman–Crippen LogP) is 1.50. The first-order valence-electron chi connectivity index (χ1n) is 5.70. The number of methoxy groups -OCH3 is 1. The molecule has 0 aliphatic rings. The molecule has 4 nitrogen and oxygen atoms in total. The number of ether oxygens (including phenoxy) is 2. The molecule has 5 heteroatoms. The van der Waals surface area contributed by atoms with Gasteiger partial charge in [0.25, 0.3) is 0 Å². The monoisotopic (exact) mass is 252 g/mol. The Bertz CT molecular complexity index is 249. The van der Waals surface area contributed by atoms with Crippen molar-refractivity contribution in [3.63, 3.8) is 0 Å². The van der Waals surface area contributed by atoms with Gasteiger partial charge in [0.05, 0.1) is 13.2 Å². The van der Waals surface area contributed by atoms with Gasteiger partial charge in [-0.05, 0) is 18.8 Å². The smallest absolute Gasteiger partial charge is 0.147 e. The van der Waals surface area contributed by atoms with E-state index >= 15 is 0 Å². The molecule has 0 aliphatic heterocycles. The number of hydrogen-bond acceptors (Lipinski definition) is 4. The lowest BCUT2D eigenvalue weighted by Crippen LogP contribution is -2.10. The summed E-state index contributed by atoms with van der Waals surface area (Å²) in [6.07, 6.45) is 4.00. The van der Waals surface area contributed by atoms with Crippen molar-refractivity contribution < 1.29 is 17.9 Å². The molecule has 0 radical (unpaired) electrons. The molecule has 0 aliphatic carbocycles. The summed E-state index contributed by atoms with van der Waals surface area (Å²) in [5.74, 6) is 0.779. The van der Waals surface area contributed by atoms with E-state index < -0.39 is 9.84 Å². The van der Waals surface area contributed by atoms with Crippen molar-refractivity contribution in [1.82, 2.24) is 0 Å². The van der Waals surface area contributed by atoms with Crippen molar-refractivity contribution in [3.05, 3.63) is 0 Å². The van der Waals surface area contributed by atoms with Crippen molar-refractivity contribution in [1.29, 1.82) is 0 Å². The molecular weight excluding hydrogens is 228 g/mol. The van der Waals surface area contributed by atoms with Crippen LogP contribution in [0.1, 0.15) is 26.2 Å². The largest absolute Gasteiger partial charge is 0.382 e. The Morgan fingerprint density at radius 1 is 1.19 bits per heavy atom. The molecule has 0 rings (SSSR count). The van der Waals surface area contributed by atoms with Gasteiger partial charge in [0.15, 0.2) is 0 Å². The molecule has 1 unspecified atom stereocenters. The van der Waals surface area contributed by atoms with E-state index in [9.17, 15) is 8.42 Å². The Morgan fingerprint density at radius 2 is 1.88 bits per heavy atom. The summed E-state index contributed by atoms with van der Waals surface area (Å²) in [5, 5.41) is 0. The maximum absolute atomic E-state index is 10.9. The minimum Gasteiger partial charge on any atom is -0.382 e. The summed E-state index contributed by atoms with van der Waals surface area (Å²) in [6, 6.07) is 0. The van der Waals surface area contributed by atoms with Gasteiger partial charge in [-0.3, -0.25) is 0 Å². The SMILES string of the molecule is COCCOCC(C)CCCCS(C)(=O)=O. The van der Waals surface area contributed by atoms with Crippen LogP contribution in [0.4, 0.5) is 0 Å². The lowest BCUT2D eigenvalue weighted by molar-refractivity contribution is 0.0526. The summed E-state index contributed by atoms with van der Waals surface area (Å²) in [6.45, 7) is 4.10. The summed E-state index contributed by atoms with van der Waals surface area (Å²) in [7, 11) is -1.14. The molecule has 0 bridgehead atoms. The van der Waals surface area contributed by atoms with Crippen molar-refractivity contribution in [2.24, 2.45) is 5.92 Å². The normalized spacial score (nSPS) is 13.9. The zero-order valence-corrected chi connectivity index (χ0v) is 11.4. The van der Waals surface area contributed by atoms with Gasteiger partial charge in [0.2, 0.25) is 0 Å². The van der Waals surface area contributed by atoms with Crippen LogP contribution in [0, 0.1) is 5.92 Å². The first-order valence-corrected chi connectivity index (χ1v) is 7.76. The minimum absolute atomic E-state index is 0.296. The second kappa shape index (κ2) is 8.96. The molecule has 0 saturated carbocycles. The topological polar surface area (TPSA) is 52.6 Å². The average Bonchev–Trinajstić information content (AvgIpc) is 2.18. The number of sulfone groups is 1. The highest BCUT2D eigenvalue weighted by atomic mass is 32.2. The molecule has 0 aromatic rings. The lowest BCUT2D eigenvalue weighted by Gasteiger charge is -2.11. The van der Waals surface area contributed by atoms with Crippen LogP contribution in [-0.2, 0) is 19.3 Å². The quantitative estimate of drug-likeness (QED) is 0.553. The third kappa shape index (κ3) is 11.9. The maximum atomic E-state index is 10.9. The highest BCUT2D eigenvalue weighted by Crippen LogP contribution is 2.09. The molecule has 98 valence electrons. The van der Waals surface area contributed by atoms with Crippen LogP contribution >= 0.6 is 0 Å². The summed E-state index contributed by atoms with van der Waals surface area (Å²) >= 11 is 0. The molecule has 0 spiro atoms. The zero-order chi connectivity index (χ0) is 12.4. The van der Waals surface area contributed by atoms with E-state index in [1.165, 1.54) is 6.26 Å². The fourth-order valence-electron chi connectivity index (χ4n) is 1.37. The second-order valence-corrected chi connectivity index (χ2v) is 6.56. The van der Waals surface area contributed by atoms with Crippen molar-refractivity contribution in [3.8, 4) is 0 Å². The molecule has 0 aromatic heterocycles. The van der Waals surface area contributed by atoms with Gasteiger partial charge in [-0.1, -0.05) is 13.3 Å². The van der Waals surface area contributed by atoms with Gasteiger partial charge in [-0.25, -0.2) is 8.42 Å². The van der Waals surface area contributed by atoms with Crippen LogP contribution in [0.25, 0.3) is 0 Å². The van der Waals surface area contributed by atoms with Gasteiger partial charge in [-0.2, -0.15) is 0 Å². The van der Waals surface area contributed by atoms with E-state index in [0.717, 1.165) is 25.9 Å². The molecule has 0 heterocycles. The third-order valence-electron chi connectivity index (χ3n) is 2.30. The number of rotatable bonds is 10. The van der Waals surface area contributed by atoms with E-state index in [0.29, 0.717) is 24.9 Å². The Balaban J connectivity index is 3.33. The van der Waals surface area contributed by atoms with Gasteiger partial charge in [0.1, 0.15) is 9.84 Å². The van der Waals surface area contributed by atoms with Crippen LogP contribution in [0.5, 0.6) is 0 Å². The van der Waals surface area contributed by atoms with Crippen LogP contribution in [-0.4, -0.2) is 47.4 Å². The Hall–Kier alpha value is -0.130. The lowest BCUT2D eigenvalue weighted by atomic mass is 10.1. The van der Waals surface area contributed by atoms with E-state index in [1.54, 1.807) is 7.11 Å². The van der Waals surface area contributed by atoms with Gasteiger partial charge < -0.3 is 9.47 Å². The second-order valence-electron chi connectivity index (χ2n) is 4.30. The van der Waals surface area contributed by atoms with Crippen molar-refractivity contribution >= 4 is 9.84 Å². The van der Waals surface area contributed by atoms with E-state index in [2.05, 4.69) is 6.92 Å². The van der Waals surface area contributed by atoms with Crippen molar-refractivity contribution in [2.45, 2.75) is 26.2 Å². The molecule has 16 heavy (non-hydrogen) atoms. The summed E-state index contributed by atoms with van der Waals surface area (Å²) in [5.41, 5.74) is 0. The number of hydrogen-bond donors (Lipinski definition) is 0. The summed E-state index contributed by atoms with van der Waals surface area (Å²) < 4.78 is 32.0. The molecule has 1 atom stereocenters. The Kier molecular flexibility index (Phi) is 8.89. The highest BCUT2D eigenvalue weighted by molar-refractivity contribution is 7.90. The standard InChI is InChI=1S/C11H24O4S/c1-11(10-15-8-7-14-2)6-4-5-9-16(3,12)13/h11H,4-10H2,1-3H3. The van der Waals surface area contributed by atoms with Gasteiger partial charge in [-0.15, -0.1) is 0 Å². The predicted molar refractivity (Wildman–Crippen MR) is 65.4 cm³/mol. The van der Waals surface area contributed by atoms with Gasteiger partial charge in [0, 0.05) is 25.7 Å². The third-order valence-corrected chi connectivity index (χ3v) is 3.33. The molecule has 0 fully saturated rings. The molecule has 0 N–H and O–H groups in total. The van der Waals surface area contributed by atoms with Gasteiger partial charge >= 0.3 is 0 Å². The molecular formula is C11H24O4S. The maximum Gasteiger partial charge on any atom is 0.147 e. The average molecular weight is 252 g/mol. The van der Waals surface area contributed by atoms with Crippen molar-refractivity contribution in [2.75, 3.05) is 38.9 Å². The number of unbranched alkanes of at least 4 members (excludes halogenated alkanes) is 1. The molecule has 0 saturated heterocycles.